The number of hydrogen-bond donors (Lipinski definition) is 2. The van der Waals surface area contributed by atoms with Crippen molar-refractivity contribution in [3.63, 3.8) is 0 Å². The molecule has 1 saturated heterocycles. The van der Waals surface area contributed by atoms with Crippen LogP contribution in [0, 0.1) is 18.8 Å². The van der Waals surface area contributed by atoms with Gasteiger partial charge in [0.1, 0.15) is 6.04 Å². The van der Waals surface area contributed by atoms with Crippen LogP contribution in [-0.4, -0.2) is 65.7 Å². The average Bonchev–Trinajstić information content (AvgIpc) is 3.44. The Hall–Kier alpha value is -2.35. The van der Waals surface area contributed by atoms with Crippen molar-refractivity contribution in [2.75, 3.05) is 31.8 Å². The maximum atomic E-state index is 13.3. The van der Waals surface area contributed by atoms with Gasteiger partial charge in [0, 0.05) is 31.3 Å². The molecule has 1 amide bonds. The van der Waals surface area contributed by atoms with Crippen LogP contribution in [0.5, 0.6) is 0 Å². The number of likely N-dealkylation sites (tertiary alicyclic amines) is 1. The maximum absolute atomic E-state index is 13.3. The topological polar surface area (TPSA) is 78.9 Å². The van der Waals surface area contributed by atoms with Gasteiger partial charge in [0.25, 0.3) is 5.91 Å². The van der Waals surface area contributed by atoms with Crippen LogP contribution < -0.4 is 5.32 Å². The Morgan fingerprint density at radius 2 is 1.74 bits per heavy atom. The first-order valence-corrected chi connectivity index (χ1v) is 19.1. The molecule has 3 unspecified atom stereocenters. The summed E-state index contributed by atoms with van der Waals surface area (Å²) in [5, 5.41) is 12.4. The maximum Gasteiger partial charge on any atom is 0.326 e. The number of carboxylic acids is 1. The van der Waals surface area contributed by atoms with Crippen LogP contribution in [-0.2, 0) is 16.1 Å². The first-order chi connectivity index (χ1) is 22.2. The number of hydrogen-bond acceptors (Lipinski definition) is 5. The normalized spacial score (nSPS) is 18.9. The minimum atomic E-state index is -1.01. The number of carbonyl (C=O) groups excluding carboxylic acids is 1. The highest BCUT2D eigenvalue weighted by atomic mass is 32.2. The standard InChI is InChI=1S/C29H40N2O4S.C7H14.C3H8/c1-5-21-15-23(19-35-6-2)31(17-21)18-22-11-12-25(26(16-22)24-10-8-7-9-20(24)3)28(32)30-27(29(33)34)13-14-36-4;1-7-5-3-2-4-6-7;1-3-2/h7-12,16,21,23,27H,5-6,13-15,17-19H2,1-4H3,(H,30,32)(H,33,34);7H,2-6H2,1H3;3H2,1-2H3. The Labute approximate surface area is 284 Å². The fraction of sp³-hybridized carbons (Fsp3) is 0.641. The van der Waals surface area contributed by atoms with E-state index in [1.54, 1.807) is 11.8 Å². The molecule has 0 spiro atoms. The summed E-state index contributed by atoms with van der Waals surface area (Å²) in [6.07, 6.45) is 13.3. The summed E-state index contributed by atoms with van der Waals surface area (Å²) in [6, 6.07) is 13.5. The smallest absolute Gasteiger partial charge is 0.326 e. The second-order valence-corrected chi connectivity index (χ2v) is 14.0. The van der Waals surface area contributed by atoms with E-state index in [-0.39, 0.29) is 5.91 Å². The highest BCUT2D eigenvalue weighted by Gasteiger charge is 2.31. The number of carboxylic acid groups (broad SMARTS) is 1. The third kappa shape index (κ3) is 13.4. The summed E-state index contributed by atoms with van der Waals surface area (Å²) in [5.41, 5.74) is 4.54. The van der Waals surface area contributed by atoms with Gasteiger partial charge in [-0.05, 0) is 84.9 Å². The van der Waals surface area contributed by atoms with Crippen molar-refractivity contribution >= 4 is 23.6 Å². The summed E-state index contributed by atoms with van der Waals surface area (Å²) >= 11 is 1.57. The molecule has 0 radical (unpaired) electrons. The molecule has 3 atom stereocenters. The van der Waals surface area contributed by atoms with Gasteiger partial charge in [-0.2, -0.15) is 11.8 Å². The van der Waals surface area contributed by atoms with E-state index >= 15 is 0 Å². The number of rotatable bonds is 13. The monoisotopic (exact) mass is 654 g/mol. The molecule has 2 aromatic rings. The van der Waals surface area contributed by atoms with Crippen LogP contribution in [0.25, 0.3) is 11.1 Å². The fourth-order valence-electron chi connectivity index (χ4n) is 6.26. The largest absolute Gasteiger partial charge is 0.480 e. The molecule has 1 aliphatic heterocycles. The first-order valence-electron chi connectivity index (χ1n) is 17.7. The van der Waals surface area contributed by atoms with Gasteiger partial charge >= 0.3 is 5.97 Å². The van der Waals surface area contributed by atoms with Crippen LogP contribution in [0.2, 0.25) is 0 Å². The number of carbonyl (C=O) groups is 2. The SMILES string of the molecule is CC1CCCCC1.CCC.CCOCC1CC(CC)CN1Cc1ccc(C(=O)NC(CCSC)C(=O)O)c(-c2ccccc2C)c1. The number of benzene rings is 2. The van der Waals surface area contributed by atoms with Crippen LogP contribution in [0.4, 0.5) is 0 Å². The van der Waals surface area contributed by atoms with Crippen molar-refractivity contribution in [3.05, 3.63) is 59.2 Å². The molecule has 4 rings (SSSR count). The molecule has 2 fully saturated rings. The second-order valence-electron chi connectivity index (χ2n) is 13.0. The lowest BCUT2D eigenvalue weighted by Gasteiger charge is -2.25. The molecule has 7 heteroatoms. The lowest BCUT2D eigenvalue weighted by molar-refractivity contribution is -0.139. The van der Waals surface area contributed by atoms with E-state index in [1.165, 1.54) is 38.5 Å². The summed E-state index contributed by atoms with van der Waals surface area (Å²) in [4.78, 5) is 27.6. The summed E-state index contributed by atoms with van der Waals surface area (Å²) < 4.78 is 5.78. The highest BCUT2D eigenvalue weighted by molar-refractivity contribution is 7.98. The molecule has 2 aromatic carbocycles. The number of amides is 1. The number of nitrogens with zero attached hydrogens (tertiary/aromatic N) is 1. The number of aliphatic carboxylic acids is 1. The van der Waals surface area contributed by atoms with Crippen LogP contribution in [0.15, 0.2) is 42.5 Å². The third-order valence-electron chi connectivity index (χ3n) is 8.96. The zero-order valence-corrected chi connectivity index (χ0v) is 30.6. The van der Waals surface area contributed by atoms with E-state index in [0.29, 0.717) is 29.7 Å². The summed E-state index contributed by atoms with van der Waals surface area (Å²) in [6.45, 7) is 16.2. The molecule has 1 saturated carbocycles. The lowest BCUT2D eigenvalue weighted by Crippen LogP contribution is -2.41. The molecule has 0 aromatic heterocycles. The zero-order chi connectivity index (χ0) is 33.9. The molecule has 2 aliphatic rings. The lowest BCUT2D eigenvalue weighted by atomic mass is 9.91. The van der Waals surface area contributed by atoms with Gasteiger partial charge in [-0.25, -0.2) is 4.79 Å². The van der Waals surface area contributed by atoms with E-state index in [1.807, 2.05) is 56.5 Å². The van der Waals surface area contributed by atoms with Crippen LogP contribution in [0.1, 0.15) is 114 Å². The Kier molecular flexibility index (Phi) is 19.3. The zero-order valence-electron chi connectivity index (χ0n) is 29.8. The number of thioether (sulfide) groups is 1. The van der Waals surface area contributed by atoms with E-state index in [9.17, 15) is 14.7 Å². The van der Waals surface area contributed by atoms with Crippen LogP contribution >= 0.6 is 11.8 Å². The Balaban J connectivity index is 0.000000631. The minimum absolute atomic E-state index is 0.352. The third-order valence-corrected chi connectivity index (χ3v) is 9.61. The van der Waals surface area contributed by atoms with Crippen molar-refractivity contribution in [2.24, 2.45) is 11.8 Å². The molecule has 6 nitrogen and oxygen atoms in total. The fourth-order valence-corrected chi connectivity index (χ4v) is 6.73. The van der Waals surface area contributed by atoms with Crippen molar-refractivity contribution in [3.8, 4) is 11.1 Å². The quantitative estimate of drug-likeness (QED) is 0.224. The molecule has 0 bridgehead atoms. The van der Waals surface area contributed by atoms with Gasteiger partial charge in [-0.1, -0.05) is 103 Å². The summed E-state index contributed by atoms with van der Waals surface area (Å²) in [7, 11) is 0. The van der Waals surface area contributed by atoms with E-state index in [4.69, 9.17) is 4.74 Å². The molecular formula is C39H62N2O4S. The van der Waals surface area contributed by atoms with Gasteiger partial charge < -0.3 is 15.2 Å². The van der Waals surface area contributed by atoms with Gasteiger partial charge in [-0.3, -0.25) is 9.69 Å². The molecule has 46 heavy (non-hydrogen) atoms. The Morgan fingerprint density at radius 3 is 2.30 bits per heavy atom. The molecular weight excluding hydrogens is 593 g/mol. The summed E-state index contributed by atoms with van der Waals surface area (Å²) in [5.74, 6) is 1.01. The molecule has 1 aliphatic carbocycles. The second kappa shape index (κ2) is 22.3. The van der Waals surface area contributed by atoms with Gasteiger partial charge in [0.15, 0.2) is 0 Å². The number of aryl methyl sites for hydroxylation is 1. The van der Waals surface area contributed by atoms with Gasteiger partial charge in [0.2, 0.25) is 0 Å². The van der Waals surface area contributed by atoms with E-state index in [2.05, 4.69) is 44.0 Å². The highest BCUT2D eigenvalue weighted by Crippen LogP contribution is 2.31. The Bertz CT molecular complexity index is 1170. The van der Waals surface area contributed by atoms with Crippen molar-refractivity contribution in [2.45, 2.75) is 118 Å². The molecule has 1 heterocycles. The molecule has 258 valence electrons. The number of ether oxygens (including phenoxy) is 1. The Morgan fingerprint density at radius 1 is 1.04 bits per heavy atom. The van der Waals surface area contributed by atoms with Crippen molar-refractivity contribution in [1.29, 1.82) is 0 Å². The predicted molar refractivity (Wildman–Crippen MR) is 196 cm³/mol. The van der Waals surface area contributed by atoms with Crippen molar-refractivity contribution in [1.82, 2.24) is 10.2 Å². The van der Waals surface area contributed by atoms with Gasteiger partial charge in [-0.15, -0.1) is 0 Å². The van der Waals surface area contributed by atoms with Crippen LogP contribution in [0.3, 0.4) is 0 Å². The van der Waals surface area contributed by atoms with E-state index in [0.717, 1.165) is 67.3 Å². The number of nitrogens with one attached hydrogen (secondary N) is 1. The minimum Gasteiger partial charge on any atom is -0.480 e. The van der Waals surface area contributed by atoms with Gasteiger partial charge in [0.05, 0.1) is 6.61 Å². The average molecular weight is 655 g/mol. The predicted octanol–water partition coefficient (Wildman–Crippen LogP) is 9.24. The first kappa shape index (κ1) is 39.8. The molecule has 2 N–H and O–H groups in total. The van der Waals surface area contributed by atoms with E-state index < -0.39 is 12.0 Å². The van der Waals surface area contributed by atoms with Crippen molar-refractivity contribution < 1.29 is 19.4 Å².